The maximum atomic E-state index is 9.59. The van der Waals surface area contributed by atoms with E-state index in [4.69, 9.17) is 14.9 Å². The van der Waals surface area contributed by atoms with Gasteiger partial charge in [-0.2, -0.15) is 5.26 Å². The molecule has 0 saturated carbocycles. The number of benzene rings is 1. The predicted octanol–water partition coefficient (Wildman–Crippen LogP) is 3.32. The van der Waals surface area contributed by atoms with Crippen molar-refractivity contribution in [2.45, 2.75) is 32.3 Å². The summed E-state index contributed by atoms with van der Waals surface area (Å²) in [5.74, 6) is -0.255. The van der Waals surface area contributed by atoms with E-state index in [2.05, 4.69) is 42.2 Å². The first-order chi connectivity index (χ1) is 11.6. The summed E-state index contributed by atoms with van der Waals surface area (Å²) < 4.78 is 10.7. The number of aromatic amines is 1. The molecule has 2 N–H and O–H groups in total. The van der Waals surface area contributed by atoms with Crippen LogP contribution in [0.1, 0.15) is 48.1 Å². The van der Waals surface area contributed by atoms with Crippen LogP contribution < -0.4 is 4.74 Å². The smallest absolute Gasteiger partial charge is 0.243 e. The summed E-state index contributed by atoms with van der Waals surface area (Å²) in [4.78, 5) is 0. The fourth-order valence-corrected chi connectivity index (χ4v) is 3.09. The zero-order valence-corrected chi connectivity index (χ0v) is 14.0. The minimum absolute atomic E-state index is 0.0709. The molecule has 6 heteroatoms. The Morgan fingerprint density at radius 3 is 2.67 bits per heavy atom. The first-order valence-corrected chi connectivity index (χ1v) is 7.88. The van der Waals surface area contributed by atoms with Crippen LogP contribution >= 0.6 is 0 Å². The van der Waals surface area contributed by atoms with Crippen LogP contribution in [0.2, 0.25) is 0 Å². The van der Waals surface area contributed by atoms with Crippen molar-refractivity contribution in [3.8, 4) is 11.9 Å². The maximum Gasteiger partial charge on any atom is 0.243 e. The average Bonchev–Trinajstić information content (AvgIpc) is 2.96. The summed E-state index contributed by atoms with van der Waals surface area (Å²) in [7, 11) is 1.60. The third kappa shape index (κ3) is 2.68. The lowest BCUT2D eigenvalue weighted by Gasteiger charge is -2.28. The second-order valence-electron chi connectivity index (χ2n) is 6.23. The number of hydrogen-bond acceptors (Lipinski definition) is 5. The Bertz CT molecular complexity index is 786. The number of rotatable bonds is 4. The first-order valence-electron chi connectivity index (χ1n) is 7.88. The Morgan fingerprint density at radius 2 is 2.08 bits per heavy atom. The van der Waals surface area contributed by atoms with Crippen molar-refractivity contribution in [1.82, 2.24) is 10.2 Å². The molecule has 1 aromatic carbocycles. The lowest BCUT2D eigenvalue weighted by atomic mass is 9.79. The van der Waals surface area contributed by atoms with Gasteiger partial charge in [-0.1, -0.05) is 38.1 Å². The molecule has 24 heavy (non-hydrogen) atoms. The van der Waals surface area contributed by atoms with Crippen LogP contribution in [0, 0.1) is 22.7 Å². The van der Waals surface area contributed by atoms with Gasteiger partial charge in [0.05, 0.1) is 18.4 Å². The molecule has 6 nitrogen and oxygen atoms in total. The highest BCUT2D eigenvalue weighted by atomic mass is 16.5. The lowest BCUT2D eigenvalue weighted by molar-refractivity contribution is 0.180. The molecule has 0 spiro atoms. The Labute approximate surface area is 140 Å². The molecule has 1 aliphatic heterocycles. The second-order valence-corrected chi connectivity index (χ2v) is 6.23. The van der Waals surface area contributed by atoms with Gasteiger partial charge in [0, 0.05) is 18.6 Å². The van der Waals surface area contributed by atoms with Crippen LogP contribution in [-0.2, 0) is 11.3 Å². The minimum atomic E-state index is -0.685. The molecule has 0 radical (unpaired) electrons. The molecule has 1 aliphatic rings. The molecule has 0 aliphatic carbocycles. The number of methoxy groups -OCH3 is 1. The Balaban J connectivity index is 2.11. The van der Waals surface area contributed by atoms with E-state index in [1.54, 1.807) is 7.11 Å². The summed E-state index contributed by atoms with van der Waals surface area (Å²) in [6.07, 6.45) is 0. The first kappa shape index (κ1) is 16.2. The highest BCUT2D eigenvalue weighted by Crippen LogP contribution is 2.43. The Morgan fingerprint density at radius 1 is 1.38 bits per heavy atom. The van der Waals surface area contributed by atoms with Gasteiger partial charge in [-0.15, -0.1) is 5.10 Å². The van der Waals surface area contributed by atoms with E-state index in [0.717, 1.165) is 16.8 Å². The third-order valence-corrected chi connectivity index (χ3v) is 4.37. The summed E-state index contributed by atoms with van der Waals surface area (Å²) >= 11 is 0. The monoisotopic (exact) mass is 324 g/mol. The molecular weight excluding hydrogens is 304 g/mol. The molecule has 2 heterocycles. The van der Waals surface area contributed by atoms with Gasteiger partial charge in [0.25, 0.3) is 0 Å². The van der Waals surface area contributed by atoms with Crippen molar-refractivity contribution >= 4 is 5.90 Å². The molecule has 2 atom stereocenters. The van der Waals surface area contributed by atoms with E-state index in [9.17, 15) is 5.26 Å². The van der Waals surface area contributed by atoms with E-state index in [0.29, 0.717) is 18.4 Å². The molecular formula is C18H20N4O2. The highest BCUT2D eigenvalue weighted by Gasteiger charge is 2.40. The van der Waals surface area contributed by atoms with Gasteiger partial charge in [-0.3, -0.25) is 10.5 Å². The normalized spacial score (nSPS) is 19.7. The largest absolute Gasteiger partial charge is 0.422 e. The van der Waals surface area contributed by atoms with Crippen LogP contribution in [-0.4, -0.2) is 23.2 Å². The Hall–Kier alpha value is -2.65. The molecule has 0 amide bonds. The number of ether oxygens (including phenoxy) is 2. The van der Waals surface area contributed by atoms with Crippen molar-refractivity contribution < 1.29 is 9.47 Å². The fourth-order valence-electron chi connectivity index (χ4n) is 3.09. The van der Waals surface area contributed by atoms with Crippen molar-refractivity contribution in [1.29, 1.82) is 10.7 Å². The van der Waals surface area contributed by atoms with Gasteiger partial charge >= 0.3 is 0 Å². The average molecular weight is 324 g/mol. The summed E-state index contributed by atoms with van der Waals surface area (Å²) in [5, 5.41) is 24.7. The van der Waals surface area contributed by atoms with Gasteiger partial charge in [0.1, 0.15) is 5.92 Å². The quantitative estimate of drug-likeness (QED) is 0.902. The number of hydrogen-bond donors (Lipinski definition) is 2. The van der Waals surface area contributed by atoms with Crippen LogP contribution in [0.4, 0.5) is 0 Å². The zero-order chi connectivity index (χ0) is 17.3. The summed E-state index contributed by atoms with van der Waals surface area (Å²) in [6, 6.07) is 10.4. The van der Waals surface area contributed by atoms with E-state index in [1.807, 2.05) is 12.1 Å². The molecule has 124 valence electrons. The van der Waals surface area contributed by atoms with E-state index < -0.39 is 5.92 Å². The number of fused-ring (bicyclic) bond motifs is 1. The second kappa shape index (κ2) is 6.46. The summed E-state index contributed by atoms with van der Waals surface area (Å²) in [6.45, 7) is 4.63. The standard InChI is InChI=1S/C18H20N4O2/c1-10(2)11-4-6-12(7-5-11)15-13(8-19)17(20)24-18-16(15)14(9-23-3)21-22-18/h4-7,10,13,15,20H,9H2,1-3H3,(H,21,22). The number of nitrogens with one attached hydrogen (secondary N) is 2. The molecule has 1 aromatic heterocycles. The van der Waals surface area contributed by atoms with Crippen molar-refractivity contribution in [2.24, 2.45) is 5.92 Å². The molecule has 0 fully saturated rings. The number of nitriles is 1. The van der Waals surface area contributed by atoms with Gasteiger partial charge in [-0.05, 0) is 17.0 Å². The molecule has 2 unspecified atom stereocenters. The number of H-pyrrole nitrogens is 1. The lowest BCUT2D eigenvalue weighted by Crippen LogP contribution is -2.31. The SMILES string of the molecule is COCc1[nH]nc2c1C(c1ccc(C(C)C)cc1)C(C#N)C(=N)O2. The van der Waals surface area contributed by atoms with Gasteiger partial charge in [0.2, 0.25) is 11.8 Å². The minimum Gasteiger partial charge on any atom is -0.422 e. The maximum absolute atomic E-state index is 9.59. The predicted molar refractivity (Wildman–Crippen MR) is 89.1 cm³/mol. The van der Waals surface area contributed by atoms with Crippen molar-refractivity contribution in [3.63, 3.8) is 0 Å². The van der Waals surface area contributed by atoms with E-state index >= 15 is 0 Å². The van der Waals surface area contributed by atoms with Crippen LogP contribution in [0.15, 0.2) is 24.3 Å². The van der Waals surface area contributed by atoms with Crippen molar-refractivity contribution in [3.05, 3.63) is 46.6 Å². The Kier molecular flexibility index (Phi) is 4.36. The topological polar surface area (TPSA) is 94.8 Å². The van der Waals surface area contributed by atoms with Crippen LogP contribution in [0.5, 0.6) is 5.88 Å². The molecule has 3 rings (SSSR count). The third-order valence-electron chi connectivity index (χ3n) is 4.37. The van der Waals surface area contributed by atoms with Crippen LogP contribution in [0.3, 0.4) is 0 Å². The van der Waals surface area contributed by atoms with E-state index in [-0.39, 0.29) is 11.8 Å². The van der Waals surface area contributed by atoms with E-state index in [1.165, 1.54) is 5.56 Å². The number of nitrogens with zero attached hydrogens (tertiary/aromatic N) is 2. The van der Waals surface area contributed by atoms with Crippen LogP contribution in [0.25, 0.3) is 0 Å². The van der Waals surface area contributed by atoms with Crippen molar-refractivity contribution in [2.75, 3.05) is 7.11 Å². The highest BCUT2D eigenvalue weighted by molar-refractivity contribution is 5.84. The fraction of sp³-hybridized carbons (Fsp3) is 0.389. The van der Waals surface area contributed by atoms with Gasteiger partial charge in [0.15, 0.2) is 0 Å². The van der Waals surface area contributed by atoms with Gasteiger partial charge < -0.3 is 9.47 Å². The molecule has 0 saturated heterocycles. The summed E-state index contributed by atoms with van der Waals surface area (Å²) in [5.41, 5.74) is 3.79. The molecule has 2 aromatic rings. The zero-order valence-electron chi connectivity index (χ0n) is 14.0. The van der Waals surface area contributed by atoms with Gasteiger partial charge in [-0.25, -0.2) is 0 Å². The molecule has 0 bridgehead atoms. The number of aromatic nitrogens is 2.